The topological polar surface area (TPSA) is 161 Å². The van der Waals surface area contributed by atoms with Gasteiger partial charge in [0.05, 0.1) is 53.2 Å². The Morgan fingerprint density at radius 2 is 1.90 bits per heavy atom. The molecular weight excluding hydrogens is 661 g/mol. The van der Waals surface area contributed by atoms with Crippen molar-refractivity contribution in [3.05, 3.63) is 68.7 Å². The maximum atomic E-state index is 14.5. The second kappa shape index (κ2) is 12.3. The molecule has 13 nitrogen and oxygen atoms in total. The molecule has 48 heavy (non-hydrogen) atoms. The Bertz CT molecular complexity index is 2080. The minimum absolute atomic E-state index is 0.0294. The number of hydrogen-bond donors (Lipinski definition) is 1. The Labute approximate surface area is 280 Å². The van der Waals surface area contributed by atoms with Crippen LogP contribution in [0.3, 0.4) is 0 Å². The monoisotopic (exact) mass is 698 g/mol. The molecular formula is C33H38N4O9S2. The summed E-state index contributed by atoms with van der Waals surface area (Å²) in [4.78, 5) is 47.3. The first-order valence-electron chi connectivity index (χ1n) is 16.1. The standard InChI is InChI=1S/C33H38N4O9S2/c1-18-26-30(39)37(19(2)28(38)35-48(41,42)33(3)11-12-33)32(40)36(31(26)47-27(18)29-34-13-14-44-29)17-25(23-7-5-6-8-24(23)43-4)46-22-15-20-9-10-21(16-22)45-20/h5-8,13-14,19-22,25H,9-12,15-17H2,1-4H3,(H,35,38)/t19-,20-,21+,22-,25+/m1/s1. The van der Waals surface area contributed by atoms with Crippen LogP contribution in [0.1, 0.15) is 75.6 Å². The number of carbonyl (C=O) groups is 1. The molecule has 7 rings (SSSR count). The van der Waals surface area contributed by atoms with E-state index in [-0.39, 0.29) is 36.1 Å². The van der Waals surface area contributed by atoms with E-state index in [1.165, 1.54) is 35.3 Å². The summed E-state index contributed by atoms with van der Waals surface area (Å²) in [6, 6.07) is 5.97. The van der Waals surface area contributed by atoms with E-state index in [9.17, 15) is 22.8 Å². The molecule has 2 bridgehead atoms. The maximum Gasteiger partial charge on any atom is 0.332 e. The quantitative estimate of drug-likeness (QED) is 0.240. The molecule has 5 atom stereocenters. The second-order valence-electron chi connectivity index (χ2n) is 13.2. The zero-order chi connectivity index (χ0) is 34.0. The van der Waals surface area contributed by atoms with E-state index >= 15 is 0 Å². The van der Waals surface area contributed by atoms with Crippen molar-refractivity contribution in [1.82, 2.24) is 18.8 Å². The number of amides is 1. The van der Waals surface area contributed by atoms with E-state index in [0.717, 1.165) is 17.4 Å². The Morgan fingerprint density at radius 3 is 2.54 bits per heavy atom. The van der Waals surface area contributed by atoms with Gasteiger partial charge in [0.15, 0.2) is 0 Å². The fraction of sp³-hybridized carbons (Fsp3) is 0.515. The van der Waals surface area contributed by atoms with Gasteiger partial charge in [-0.1, -0.05) is 18.2 Å². The third-order valence-electron chi connectivity index (χ3n) is 9.91. The van der Waals surface area contributed by atoms with Gasteiger partial charge in [-0.05, 0) is 70.9 Å². The predicted molar refractivity (Wildman–Crippen MR) is 178 cm³/mol. The molecule has 3 aromatic heterocycles. The van der Waals surface area contributed by atoms with Crippen LogP contribution in [-0.4, -0.2) is 58.6 Å². The van der Waals surface area contributed by atoms with Crippen LogP contribution < -0.4 is 20.7 Å². The summed E-state index contributed by atoms with van der Waals surface area (Å²) < 4.78 is 53.4. The largest absolute Gasteiger partial charge is 0.496 e. The van der Waals surface area contributed by atoms with Gasteiger partial charge in [0.2, 0.25) is 15.9 Å². The number of oxazole rings is 1. The molecule has 3 aliphatic rings. The third kappa shape index (κ3) is 5.69. The van der Waals surface area contributed by atoms with Gasteiger partial charge >= 0.3 is 5.69 Å². The van der Waals surface area contributed by atoms with E-state index in [1.807, 2.05) is 24.3 Å². The highest BCUT2D eigenvalue weighted by atomic mass is 32.2. The van der Waals surface area contributed by atoms with Crippen LogP contribution in [-0.2, 0) is 30.8 Å². The van der Waals surface area contributed by atoms with E-state index < -0.39 is 44.1 Å². The first-order valence-corrected chi connectivity index (χ1v) is 18.4. The van der Waals surface area contributed by atoms with Gasteiger partial charge in [-0.3, -0.25) is 18.9 Å². The summed E-state index contributed by atoms with van der Waals surface area (Å²) in [5.41, 5.74) is -0.258. The molecule has 3 fully saturated rings. The number of nitrogens with one attached hydrogen (secondary N) is 1. The molecule has 1 saturated carbocycles. The fourth-order valence-electron chi connectivity index (χ4n) is 6.78. The van der Waals surface area contributed by atoms with Gasteiger partial charge in [-0.15, -0.1) is 11.3 Å². The molecule has 256 valence electrons. The first-order chi connectivity index (χ1) is 22.9. The number of para-hydroxylation sites is 1. The molecule has 0 spiro atoms. The third-order valence-corrected chi connectivity index (χ3v) is 13.4. The highest BCUT2D eigenvalue weighted by molar-refractivity contribution is 7.91. The number of aromatic nitrogens is 3. The molecule has 5 heterocycles. The maximum absolute atomic E-state index is 14.5. The van der Waals surface area contributed by atoms with Crippen molar-refractivity contribution in [2.24, 2.45) is 0 Å². The summed E-state index contributed by atoms with van der Waals surface area (Å²) in [6.45, 7) is 4.60. The molecule has 0 radical (unpaired) electrons. The van der Waals surface area contributed by atoms with Crippen molar-refractivity contribution in [3.63, 3.8) is 0 Å². The van der Waals surface area contributed by atoms with Crippen LogP contribution in [0.2, 0.25) is 0 Å². The SMILES string of the molecule is COc1ccccc1[C@H](Cn1c(=O)n([C@H](C)C(=O)NS(=O)(=O)C2(C)CC2)c(=O)c2c(C)c(-c3ncco3)sc21)O[C@@H]1C[C@H]2CC[C@@H](C1)O2. The minimum atomic E-state index is -4.02. The predicted octanol–water partition coefficient (Wildman–Crippen LogP) is 4.22. The average molecular weight is 699 g/mol. The van der Waals surface area contributed by atoms with Gasteiger partial charge in [0.25, 0.3) is 11.5 Å². The van der Waals surface area contributed by atoms with Crippen molar-refractivity contribution in [2.45, 2.75) is 101 Å². The number of fused-ring (bicyclic) bond motifs is 3. The summed E-state index contributed by atoms with van der Waals surface area (Å²) in [7, 11) is -2.45. The number of nitrogens with zero attached hydrogens (tertiary/aromatic N) is 3. The normalized spacial score (nSPS) is 22.8. The van der Waals surface area contributed by atoms with E-state index in [0.29, 0.717) is 52.3 Å². The molecule has 1 aliphatic carbocycles. The smallest absolute Gasteiger partial charge is 0.332 e. The van der Waals surface area contributed by atoms with Crippen LogP contribution in [0.25, 0.3) is 21.0 Å². The highest BCUT2D eigenvalue weighted by Gasteiger charge is 2.51. The number of ether oxygens (including phenoxy) is 3. The van der Waals surface area contributed by atoms with Crippen molar-refractivity contribution in [2.75, 3.05) is 7.11 Å². The molecule has 15 heteroatoms. The lowest BCUT2D eigenvalue weighted by Gasteiger charge is -2.32. The Morgan fingerprint density at radius 1 is 1.19 bits per heavy atom. The lowest BCUT2D eigenvalue weighted by atomic mass is 10.0. The van der Waals surface area contributed by atoms with E-state index in [4.69, 9.17) is 18.6 Å². The summed E-state index contributed by atoms with van der Waals surface area (Å²) >= 11 is 1.18. The van der Waals surface area contributed by atoms with E-state index in [2.05, 4.69) is 9.71 Å². The van der Waals surface area contributed by atoms with Gasteiger partial charge in [0.1, 0.15) is 29.0 Å². The number of methoxy groups -OCH3 is 1. The molecule has 2 aliphatic heterocycles. The molecule has 0 unspecified atom stereocenters. The fourth-order valence-corrected chi connectivity index (χ4v) is 9.34. The zero-order valence-electron chi connectivity index (χ0n) is 27.1. The van der Waals surface area contributed by atoms with Gasteiger partial charge in [-0.2, -0.15) is 0 Å². The number of rotatable bonds is 11. The number of aryl methyl sites for hydroxylation is 1. The Hall–Kier alpha value is -3.79. The van der Waals surface area contributed by atoms with Crippen molar-refractivity contribution in [3.8, 4) is 16.5 Å². The zero-order valence-corrected chi connectivity index (χ0v) is 28.8. The van der Waals surface area contributed by atoms with Crippen molar-refractivity contribution in [1.29, 1.82) is 0 Å². The summed E-state index contributed by atoms with van der Waals surface area (Å²) in [6.07, 6.45) is 6.50. The Kier molecular flexibility index (Phi) is 8.37. The van der Waals surface area contributed by atoms with Crippen LogP contribution in [0.15, 0.2) is 50.7 Å². The summed E-state index contributed by atoms with van der Waals surface area (Å²) in [5, 5.41) is 0.201. The second-order valence-corrected chi connectivity index (χ2v) is 16.4. The van der Waals surface area contributed by atoms with Crippen LogP contribution >= 0.6 is 11.3 Å². The number of thiophene rings is 1. The number of benzene rings is 1. The van der Waals surface area contributed by atoms with Crippen molar-refractivity contribution >= 4 is 37.5 Å². The number of sulfonamides is 1. The van der Waals surface area contributed by atoms with Crippen LogP contribution in [0.5, 0.6) is 5.75 Å². The Balaban J connectivity index is 1.37. The number of carbonyl (C=O) groups excluding carboxylic acids is 1. The van der Waals surface area contributed by atoms with Gasteiger partial charge in [-0.25, -0.2) is 22.8 Å². The van der Waals surface area contributed by atoms with E-state index in [1.54, 1.807) is 21.0 Å². The molecule has 2 saturated heterocycles. The van der Waals surface area contributed by atoms with Gasteiger partial charge < -0.3 is 18.6 Å². The lowest BCUT2D eigenvalue weighted by molar-refractivity contribution is -0.122. The van der Waals surface area contributed by atoms with Gasteiger partial charge in [0, 0.05) is 5.56 Å². The highest BCUT2D eigenvalue weighted by Crippen LogP contribution is 2.43. The van der Waals surface area contributed by atoms with Crippen LogP contribution in [0.4, 0.5) is 0 Å². The first kappa shape index (κ1) is 32.7. The summed E-state index contributed by atoms with van der Waals surface area (Å²) in [5.74, 6) is -0.114. The minimum Gasteiger partial charge on any atom is -0.496 e. The van der Waals surface area contributed by atoms with Crippen molar-refractivity contribution < 1.29 is 31.8 Å². The number of hydrogen-bond acceptors (Lipinski definition) is 11. The van der Waals surface area contributed by atoms with Crippen LogP contribution in [0, 0.1) is 6.92 Å². The molecule has 1 N–H and O–H groups in total. The molecule has 1 aromatic carbocycles. The lowest BCUT2D eigenvalue weighted by Crippen LogP contribution is -2.48. The molecule has 1 amide bonds. The average Bonchev–Trinajstić information content (AvgIpc) is 3.35. The molecule has 4 aromatic rings.